The van der Waals surface area contributed by atoms with E-state index in [-0.39, 0.29) is 11.8 Å². The second kappa shape index (κ2) is 8.44. The quantitative estimate of drug-likeness (QED) is 0.423. The van der Waals surface area contributed by atoms with Gasteiger partial charge in [-0.2, -0.15) is 0 Å². The van der Waals surface area contributed by atoms with E-state index < -0.39 is 0 Å². The third-order valence-electron chi connectivity index (χ3n) is 5.81. The van der Waals surface area contributed by atoms with Gasteiger partial charge in [-0.1, -0.05) is 42.5 Å². The molecule has 0 unspecified atom stereocenters. The van der Waals surface area contributed by atoms with Crippen molar-refractivity contribution in [3.05, 3.63) is 117 Å². The third-order valence-corrected chi connectivity index (χ3v) is 6.83. The van der Waals surface area contributed by atoms with Gasteiger partial charge >= 0.3 is 0 Å². The van der Waals surface area contributed by atoms with Crippen LogP contribution in [0.1, 0.15) is 42.3 Å². The molecule has 0 radical (unpaired) electrons. The van der Waals surface area contributed by atoms with Crippen LogP contribution < -0.4 is 10.2 Å². The first-order valence-electron chi connectivity index (χ1n) is 10.5. The molecule has 0 saturated heterocycles. The number of thiophene rings is 1. The molecule has 0 atom stereocenters. The minimum atomic E-state index is -0.130. The lowest BCUT2D eigenvalue weighted by Crippen LogP contribution is -2.30. The summed E-state index contributed by atoms with van der Waals surface area (Å²) < 4.78 is 0. The average molecular weight is 439 g/mol. The monoisotopic (exact) mass is 438 g/mol. The Labute approximate surface area is 191 Å². The first-order chi connectivity index (χ1) is 15.6. The highest BCUT2D eigenvalue weighted by Gasteiger charge is 2.24. The maximum atomic E-state index is 13.5. The van der Waals surface area contributed by atoms with E-state index in [1.165, 1.54) is 16.9 Å². The molecule has 0 aliphatic carbocycles. The number of para-hydroxylation sites is 1. The molecule has 5 heteroatoms. The Morgan fingerprint density at radius 1 is 0.844 bits per heavy atom. The van der Waals surface area contributed by atoms with E-state index in [1.54, 1.807) is 24.3 Å². The van der Waals surface area contributed by atoms with Gasteiger partial charge < -0.3 is 10.2 Å². The van der Waals surface area contributed by atoms with Crippen LogP contribution in [-0.4, -0.2) is 11.8 Å². The third kappa shape index (κ3) is 3.83. The highest BCUT2D eigenvalue weighted by atomic mass is 32.1. The Kier molecular flexibility index (Phi) is 5.33. The molecular formula is C27H22N2O2S. The molecule has 1 aromatic heterocycles. The van der Waals surface area contributed by atoms with Crippen LogP contribution >= 0.6 is 11.3 Å². The summed E-state index contributed by atoms with van der Waals surface area (Å²) >= 11 is 1.42. The summed E-state index contributed by atoms with van der Waals surface area (Å²) in [7, 11) is 0. The summed E-state index contributed by atoms with van der Waals surface area (Å²) in [6.07, 6.45) is 0.809. The molecule has 0 saturated carbocycles. The molecule has 0 bridgehead atoms. The van der Waals surface area contributed by atoms with Gasteiger partial charge in [-0.3, -0.25) is 9.59 Å². The molecule has 1 aliphatic rings. The molecule has 4 nitrogen and oxygen atoms in total. The number of hydrogen-bond donors (Lipinski definition) is 1. The molecule has 1 aliphatic heterocycles. The fourth-order valence-corrected chi connectivity index (χ4v) is 4.92. The lowest BCUT2D eigenvalue weighted by molar-refractivity contribution is 0.0984. The second-order valence-electron chi connectivity index (χ2n) is 7.93. The Bertz CT molecular complexity index is 1310. The summed E-state index contributed by atoms with van der Waals surface area (Å²) in [6, 6.07) is 25.4. The minimum Gasteiger partial charge on any atom is -0.321 e. The second-order valence-corrected chi connectivity index (χ2v) is 8.85. The molecule has 5 rings (SSSR count). The topological polar surface area (TPSA) is 49.4 Å². The fraction of sp³-hybridized carbons (Fsp3) is 0.111. The molecule has 4 aromatic rings. The van der Waals surface area contributed by atoms with E-state index in [0.717, 1.165) is 28.8 Å². The number of aryl methyl sites for hydroxylation is 1. The Morgan fingerprint density at radius 2 is 1.53 bits per heavy atom. The molecule has 158 valence electrons. The number of carbonyl (C=O) groups is 2. The zero-order valence-electron chi connectivity index (χ0n) is 17.7. The van der Waals surface area contributed by atoms with Crippen molar-refractivity contribution < 1.29 is 9.59 Å². The van der Waals surface area contributed by atoms with Gasteiger partial charge in [0.25, 0.3) is 11.8 Å². The summed E-state index contributed by atoms with van der Waals surface area (Å²) in [5, 5.41) is 4.82. The van der Waals surface area contributed by atoms with E-state index in [0.29, 0.717) is 22.7 Å². The predicted molar refractivity (Wildman–Crippen MR) is 130 cm³/mol. The van der Waals surface area contributed by atoms with E-state index >= 15 is 0 Å². The minimum absolute atomic E-state index is 0.0545. The lowest BCUT2D eigenvalue weighted by atomic mass is 10.0. The standard InChI is InChI=1S/C27H22N2O2S/c1-18-14-15-32-25(18)26(30)28-23-12-10-19(11-13-23)27(31)29-17-22-8-3-2-6-20(22)16-21-7-4-5-9-24(21)29/h2-15H,16-17H2,1H3,(H,28,30). The molecule has 2 heterocycles. The van der Waals surface area contributed by atoms with Crippen LogP contribution in [0.15, 0.2) is 84.2 Å². The van der Waals surface area contributed by atoms with Gasteiger partial charge in [0.2, 0.25) is 0 Å². The Balaban J connectivity index is 1.41. The van der Waals surface area contributed by atoms with E-state index in [2.05, 4.69) is 23.5 Å². The van der Waals surface area contributed by atoms with Crippen LogP contribution in [0.2, 0.25) is 0 Å². The molecule has 2 amide bonds. The molecule has 32 heavy (non-hydrogen) atoms. The number of nitrogens with zero attached hydrogens (tertiary/aromatic N) is 1. The van der Waals surface area contributed by atoms with E-state index in [4.69, 9.17) is 0 Å². The van der Waals surface area contributed by atoms with Crippen LogP contribution in [0.4, 0.5) is 11.4 Å². The van der Waals surface area contributed by atoms with Crippen LogP contribution in [0, 0.1) is 6.92 Å². The van der Waals surface area contributed by atoms with Gasteiger partial charge in [0.1, 0.15) is 0 Å². The largest absolute Gasteiger partial charge is 0.321 e. The highest BCUT2D eigenvalue weighted by molar-refractivity contribution is 7.12. The zero-order chi connectivity index (χ0) is 22.1. The lowest BCUT2D eigenvalue weighted by Gasteiger charge is -2.23. The highest BCUT2D eigenvalue weighted by Crippen LogP contribution is 2.31. The van der Waals surface area contributed by atoms with Crippen molar-refractivity contribution >= 4 is 34.5 Å². The van der Waals surface area contributed by atoms with Gasteiger partial charge in [0.05, 0.1) is 11.4 Å². The molecule has 1 N–H and O–H groups in total. The molecule has 0 spiro atoms. The number of amides is 2. The van der Waals surface area contributed by atoms with Gasteiger partial charge in [0, 0.05) is 16.9 Å². The van der Waals surface area contributed by atoms with E-state index in [9.17, 15) is 9.59 Å². The maximum absolute atomic E-state index is 13.5. The molecular weight excluding hydrogens is 416 g/mol. The summed E-state index contributed by atoms with van der Waals surface area (Å²) in [5.74, 6) is -0.184. The average Bonchev–Trinajstić information content (AvgIpc) is 3.17. The van der Waals surface area contributed by atoms with Crippen molar-refractivity contribution in [2.24, 2.45) is 0 Å². The zero-order valence-corrected chi connectivity index (χ0v) is 18.5. The number of rotatable bonds is 3. The van der Waals surface area contributed by atoms with Crippen molar-refractivity contribution in [3.63, 3.8) is 0 Å². The smallest absolute Gasteiger partial charge is 0.265 e. The van der Waals surface area contributed by atoms with Crippen molar-refractivity contribution in [2.45, 2.75) is 19.9 Å². The van der Waals surface area contributed by atoms with Crippen molar-refractivity contribution in [3.8, 4) is 0 Å². The number of benzene rings is 3. The van der Waals surface area contributed by atoms with Crippen LogP contribution in [0.5, 0.6) is 0 Å². The van der Waals surface area contributed by atoms with Crippen LogP contribution in [0.3, 0.4) is 0 Å². The Hall–Kier alpha value is -3.70. The van der Waals surface area contributed by atoms with Gasteiger partial charge in [-0.15, -0.1) is 11.3 Å². The van der Waals surface area contributed by atoms with Gasteiger partial charge in [-0.05, 0) is 77.4 Å². The number of anilines is 2. The molecule has 3 aromatic carbocycles. The first-order valence-corrected chi connectivity index (χ1v) is 11.4. The summed E-state index contributed by atoms with van der Waals surface area (Å²) in [5.41, 5.74) is 6.70. The first kappa shape index (κ1) is 20.2. The summed E-state index contributed by atoms with van der Waals surface area (Å²) in [6.45, 7) is 2.45. The number of fused-ring (bicyclic) bond motifs is 2. The van der Waals surface area contributed by atoms with Crippen molar-refractivity contribution in [1.29, 1.82) is 0 Å². The molecule has 0 fully saturated rings. The summed E-state index contributed by atoms with van der Waals surface area (Å²) in [4.78, 5) is 28.6. The normalized spacial score (nSPS) is 12.5. The Morgan fingerprint density at radius 3 is 2.25 bits per heavy atom. The predicted octanol–water partition coefficient (Wildman–Crippen LogP) is 6.06. The SMILES string of the molecule is Cc1ccsc1C(=O)Nc1ccc(C(=O)N2Cc3ccccc3Cc3ccccc32)cc1. The van der Waals surface area contributed by atoms with Crippen LogP contribution in [-0.2, 0) is 13.0 Å². The van der Waals surface area contributed by atoms with Crippen molar-refractivity contribution in [2.75, 3.05) is 10.2 Å². The van der Waals surface area contributed by atoms with Crippen molar-refractivity contribution in [1.82, 2.24) is 0 Å². The van der Waals surface area contributed by atoms with Gasteiger partial charge in [0.15, 0.2) is 0 Å². The van der Waals surface area contributed by atoms with Gasteiger partial charge in [-0.25, -0.2) is 0 Å². The number of nitrogens with one attached hydrogen (secondary N) is 1. The van der Waals surface area contributed by atoms with E-state index in [1.807, 2.05) is 53.6 Å². The number of hydrogen-bond acceptors (Lipinski definition) is 3. The number of carbonyl (C=O) groups excluding carboxylic acids is 2. The van der Waals surface area contributed by atoms with Crippen LogP contribution in [0.25, 0.3) is 0 Å². The fourth-order valence-electron chi connectivity index (χ4n) is 4.09. The maximum Gasteiger partial charge on any atom is 0.265 e.